The van der Waals surface area contributed by atoms with Crippen molar-refractivity contribution >= 4 is 23.1 Å². The molecule has 0 amide bonds. The molecule has 0 heterocycles. The molecule has 2 rings (SSSR count). The third-order valence-electron chi connectivity index (χ3n) is 2.99. The Kier molecular flexibility index (Phi) is 4.70. The Bertz CT molecular complexity index is 671. The van der Waals surface area contributed by atoms with Crippen LogP contribution in [0, 0.1) is 0 Å². The van der Waals surface area contributed by atoms with Gasteiger partial charge in [0, 0.05) is 22.3 Å². The molecule has 21 heavy (non-hydrogen) atoms. The number of anilines is 1. The van der Waals surface area contributed by atoms with E-state index in [0.717, 1.165) is 0 Å². The SMILES string of the molecule is CCOc1ccc(C(=O)c2cc(Cl)ccc2N)c(OC)c1. The summed E-state index contributed by atoms with van der Waals surface area (Å²) in [6.07, 6.45) is 0. The fourth-order valence-corrected chi connectivity index (χ4v) is 2.16. The predicted molar refractivity (Wildman–Crippen MR) is 83.5 cm³/mol. The van der Waals surface area contributed by atoms with Gasteiger partial charge in [-0.3, -0.25) is 4.79 Å². The van der Waals surface area contributed by atoms with Crippen molar-refractivity contribution < 1.29 is 14.3 Å². The quantitative estimate of drug-likeness (QED) is 0.677. The van der Waals surface area contributed by atoms with Crippen LogP contribution < -0.4 is 15.2 Å². The minimum Gasteiger partial charge on any atom is -0.496 e. The molecule has 0 fully saturated rings. The van der Waals surface area contributed by atoms with Gasteiger partial charge in [-0.15, -0.1) is 0 Å². The zero-order valence-electron chi connectivity index (χ0n) is 11.9. The molecule has 0 spiro atoms. The smallest absolute Gasteiger partial charge is 0.198 e. The number of hydrogen-bond donors (Lipinski definition) is 1. The minimum absolute atomic E-state index is 0.241. The van der Waals surface area contributed by atoms with Crippen LogP contribution in [0.1, 0.15) is 22.8 Å². The molecule has 0 aromatic heterocycles. The fourth-order valence-electron chi connectivity index (χ4n) is 1.99. The highest BCUT2D eigenvalue weighted by Crippen LogP contribution is 2.29. The van der Waals surface area contributed by atoms with Gasteiger partial charge in [-0.25, -0.2) is 0 Å². The van der Waals surface area contributed by atoms with Crippen LogP contribution in [-0.2, 0) is 0 Å². The van der Waals surface area contributed by atoms with Crippen molar-refractivity contribution in [2.45, 2.75) is 6.92 Å². The van der Waals surface area contributed by atoms with Crippen LogP contribution in [0.25, 0.3) is 0 Å². The van der Waals surface area contributed by atoms with E-state index in [-0.39, 0.29) is 5.78 Å². The summed E-state index contributed by atoms with van der Waals surface area (Å²) < 4.78 is 10.7. The average molecular weight is 306 g/mol. The predicted octanol–water partition coefficient (Wildman–Crippen LogP) is 3.56. The molecule has 110 valence electrons. The molecular weight excluding hydrogens is 290 g/mol. The number of ether oxygens (including phenoxy) is 2. The number of halogens is 1. The molecule has 0 saturated carbocycles. The first kappa shape index (κ1) is 15.2. The summed E-state index contributed by atoms with van der Waals surface area (Å²) >= 11 is 5.93. The van der Waals surface area contributed by atoms with Crippen molar-refractivity contribution in [2.24, 2.45) is 0 Å². The summed E-state index contributed by atoms with van der Waals surface area (Å²) in [5.41, 5.74) is 6.99. The lowest BCUT2D eigenvalue weighted by molar-refractivity contribution is 0.103. The molecular formula is C16H16ClNO3. The van der Waals surface area contributed by atoms with Gasteiger partial charge in [-0.05, 0) is 37.3 Å². The Balaban J connectivity index is 2.45. The van der Waals surface area contributed by atoms with Gasteiger partial charge >= 0.3 is 0 Å². The molecule has 0 aliphatic carbocycles. The number of carbonyl (C=O) groups excluding carboxylic acids is 1. The topological polar surface area (TPSA) is 61.5 Å². The highest BCUT2D eigenvalue weighted by Gasteiger charge is 2.18. The van der Waals surface area contributed by atoms with Gasteiger partial charge in [0.15, 0.2) is 5.78 Å². The molecule has 5 heteroatoms. The molecule has 0 aliphatic heterocycles. The van der Waals surface area contributed by atoms with E-state index in [1.165, 1.54) is 7.11 Å². The number of benzene rings is 2. The summed E-state index contributed by atoms with van der Waals surface area (Å²) in [5.74, 6) is 0.838. The highest BCUT2D eigenvalue weighted by atomic mass is 35.5. The molecule has 0 aliphatic rings. The van der Waals surface area contributed by atoms with E-state index in [1.807, 2.05) is 6.92 Å². The second kappa shape index (κ2) is 6.50. The summed E-state index contributed by atoms with van der Waals surface area (Å²) in [6, 6.07) is 9.86. The number of nitrogen functional groups attached to an aromatic ring is 1. The van der Waals surface area contributed by atoms with Crippen LogP contribution >= 0.6 is 11.6 Å². The molecule has 2 aromatic rings. The van der Waals surface area contributed by atoms with Crippen molar-refractivity contribution in [1.82, 2.24) is 0 Å². The maximum atomic E-state index is 12.6. The monoisotopic (exact) mass is 305 g/mol. The number of methoxy groups -OCH3 is 1. The number of nitrogens with two attached hydrogens (primary N) is 1. The first-order valence-corrected chi connectivity index (χ1v) is 6.85. The van der Waals surface area contributed by atoms with E-state index >= 15 is 0 Å². The lowest BCUT2D eigenvalue weighted by Gasteiger charge is -2.11. The van der Waals surface area contributed by atoms with Gasteiger partial charge in [0.1, 0.15) is 11.5 Å². The zero-order chi connectivity index (χ0) is 15.4. The van der Waals surface area contributed by atoms with Gasteiger partial charge < -0.3 is 15.2 Å². The van der Waals surface area contributed by atoms with E-state index in [1.54, 1.807) is 36.4 Å². The number of carbonyl (C=O) groups is 1. The minimum atomic E-state index is -0.241. The molecule has 0 unspecified atom stereocenters. The fraction of sp³-hybridized carbons (Fsp3) is 0.188. The van der Waals surface area contributed by atoms with Gasteiger partial charge in [0.25, 0.3) is 0 Å². The lowest BCUT2D eigenvalue weighted by Crippen LogP contribution is -2.07. The Morgan fingerprint density at radius 3 is 2.62 bits per heavy atom. The molecule has 2 N–H and O–H groups in total. The third-order valence-corrected chi connectivity index (χ3v) is 3.22. The van der Waals surface area contributed by atoms with Crippen LogP contribution in [0.5, 0.6) is 11.5 Å². The maximum Gasteiger partial charge on any atom is 0.198 e. The standard InChI is InChI=1S/C16H16ClNO3/c1-3-21-11-5-6-12(15(9-11)20-2)16(19)13-8-10(17)4-7-14(13)18/h4-9H,3,18H2,1-2H3. The molecule has 0 bridgehead atoms. The van der Waals surface area contributed by atoms with Gasteiger partial charge in [0.2, 0.25) is 0 Å². The summed E-state index contributed by atoms with van der Waals surface area (Å²) in [4.78, 5) is 12.6. The Hall–Kier alpha value is -2.20. The second-order valence-electron chi connectivity index (χ2n) is 4.36. The second-order valence-corrected chi connectivity index (χ2v) is 4.79. The van der Waals surface area contributed by atoms with Crippen LogP contribution in [0.4, 0.5) is 5.69 Å². The number of ketones is 1. The van der Waals surface area contributed by atoms with Crippen LogP contribution in [-0.4, -0.2) is 19.5 Å². The summed E-state index contributed by atoms with van der Waals surface area (Å²) in [5, 5.41) is 0.456. The van der Waals surface area contributed by atoms with E-state index in [4.69, 9.17) is 26.8 Å². The summed E-state index contributed by atoms with van der Waals surface area (Å²) in [6.45, 7) is 2.43. The van der Waals surface area contributed by atoms with E-state index in [0.29, 0.717) is 39.9 Å². The zero-order valence-corrected chi connectivity index (χ0v) is 12.6. The van der Waals surface area contributed by atoms with E-state index in [2.05, 4.69) is 0 Å². The van der Waals surface area contributed by atoms with Crippen LogP contribution in [0.2, 0.25) is 5.02 Å². The first-order valence-electron chi connectivity index (χ1n) is 6.47. The van der Waals surface area contributed by atoms with Crippen LogP contribution in [0.15, 0.2) is 36.4 Å². The largest absolute Gasteiger partial charge is 0.496 e. The number of rotatable bonds is 5. The first-order chi connectivity index (χ1) is 10.1. The number of hydrogen-bond acceptors (Lipinski definition) is 4. The molecule has 4 nitrogen and oxygen atoms in total. The maximum absolute atomic E-state index is 12.6. The van der Waals surface area contributed by atoms with E-state index in [9.17, 15) is 4.79 Å². The van der Waals surface area contributed by atoms with Crippen molar-refractivity contribution in [3.8, 4) is 11.5 Å². The van der Waals surface area contributed by atoms with Gasteiger partial charge in [-0.2, -0.15) is 0 Å². The highest BCUT2D eigenvalue weighted by molar-refractivity contribution is 6.31. The van der Waals surface area contributed by atoms with Crippen molar-refractivity contribution in [1.29, 1.82) is 0 Å². The van der Waals surface area contributed by atoms with Gasteiger partial charge in [-0.1, -0.05) is 11.6 Å². The van der Waals surface area contributed by atoms with Gasteiger partial charge in [0.05, 0.1) is 19.3 Å². The van der Waals surface area contributed by atoms with Crippen molar-refractivity contribution in [3.63, 3.8) is 0 Å². The normalized spacial score (nSPS) is 10.2. The van der Waals surface area contributed by atoms with Crippen LogP contribution in [0.3, 0.4) is 0 Å². The Morgan fingerprint density at radius 1 is 1.19 bits per heavy atom. The molecule has 2 aromatic carbocycles. The molecule has 0 atom stereocenters. The average Bonchev–Trinajstić information content (AvgIpc) is 2.49. The summed E-state index contributed by atoms with van der Waals surface area (Å²) in [7, 11) is 1.50. The Labute approximate surface area is 128 Å². The Morgan fingerprint density at radius 2 is 1.95 bits per heavy atom. The lowest BCUT2D eigenvalue weighted by atomic mass is 10.0. The molecule has 0 saturated heterocycles. The van der Waals surface area contributed by atoms with E-state index < -0.39 is 0 Å². The van der Waals surface area contributed by atoms with Crippen molar-refractivity contribution in [2.75, 3.05) is 19.5 Å². The molecule has 0 radical (unpaired) electrons. The van der Waals surface area contributed by atoms with Crippen molar-refractivity contribution in [3.05, 3.63) is 52.5 Å². The third kappa shape index (κ3) is 3.28.